The summed E-state index contributed by atoms with van der Waals surface area (Å²) in [6.45, 7) is 4.76. The first kappa shape index (κ1) is 10.4. The molecule has 1 aliphatic heterocycles. The largest absolute Gasteiger partial charge is 0.314 e. The zero-order valence-electron chi connectivity index (χ0n) is 9.26. The molecule has 1 heterocycles. The molecule has 0 spiro atoms. The highest BCUT2D eigenvalue weighted by atomic mass is 15.2. The van der Waals surface area contributed by atoms with Crippen molar-refractivity contribution >= 4 is 0 Å². The van der Waals surface area contributed by atoms with Crippen LogP contribution in [0.4, 0.5) is 0 Å². The van der Waals surface area contributed by atoms with Crippen LogP contribution in [0.1, 0.15) is 25.7 Å². The monoisotopic (exact) mass is 197 g/mol. The molecule has 0 aromatic carbocycles. The Morgan fingerprint density at radius 3 is 2.93 bits per heavy atom. The zero-order valence-corrected chi connectivity index (χ0v) is 9.26. The van der Waals surface area contributed by atoms with Gasteiger partial charge in [-0.15, -0.1) is 0 Å². The van der Waals surface area contributed by atoms with Gasteiger partial charge in [0, 0.05) is 31.7 Å². The Labute approximate surface area is 87.2 Å². The molecule has 1 saturated carbocycles. The van der Waals surface area contributed by atoms with E-state index in [9.17, 15) is 0 Å². The maximum absolute atomic E-state index is 3.62. The van der Waals surface area contributed by atoms with E-state index >= 15 is 0 Å². The molecule has 82 valence electrons. The van der Waals surface area contributed by atoms with Gasteiger partial charge in [-0.3, -0.25) is 0 Å². The fourth-order valence-electron chi connectivity index (χ4n) is 2.26. The van der Waals surface area contributed by atoms with Gasteiger partial charge in [-0.05, 0) is 32.9 Å². The van der Waals surface area contributed by atoms with Gasteiger partial charge in [0.05, 0.1) is 0 Å². The second-order valence-corrected chi connectivity index (χ2v) is 4.78. The number of hydrogen-bond acceptors (Lipinski definition) is 3. The number of likely N-dealkylation sites (N-methyl/N-ethyl adjacent to an activating group) is 1. The molecular formula is C11H23N3. The molecule has 0 aromatic rings. The van der Waals surface area contributed by atoms with Crippen molar-refractivity contribution in [3.63, 3.8) is 0 Å². The Hall–Kier alpha value is -0.120. The lowest BCUT2D eigenvalue weighted by atomic mass is 9.93. The van der Waals surface area contributed by atoms with E-state index in [-0.39, 0.29) is 0 Å². The van der Waals surface area contributed by atoms with Gasteiger partial charge in [0.2, 0.25) is 0 Å². The summed E-state index contributed by atoms with van der Waals surface area (Å²) in [6.07, 6.45) is 5.51. The second-order valence-electron chi connectivity index (χ2n) is 4.78. The molecule has 0 aromatic heterocycles. The third-order valence-corrected chi connectivity index (χ3v) is 3.49. The van der Waals surface area contributed by atoms with Crippen LogP contribution in [0.2, 0.25) is 0 Å². The van der Waals surface area contributed by atoms with Gasteiger partial charge in [-0.2, -0.15) is 0 Å². The van der Waals surface area contributed by atoms with Crippen LogP contribution in [-0.2, 0) is 0 Å². The Balaban J connectivity index is 1.55. The molecule has 0 amide bonds. The third-order valence-electron chi connectivity index (χ3n) is 3.49. The maximum Gasteiger partial charge on any atom is 0.0207 e. The predicted molar refractivity (Wildman–Crippen MR) is 59.5 cm³/mol. The van der Waals surface area contributed by atoms with Crippen molar-refractivity contribution < 1.29 is 0 Å². The Morgan fingerprint density at radius 2 is 2.29 bits per heavy atom. The predicted octanol–water partition coefficient (Wildman–Crippen LogP) is 0.422. The first-order valence-corrected chi connectivity index (χ1v) is 6.00. The minimum absolute atomic E-state index is 0.710. The molecule has 14 heavy (non-hydrogen) atoms. The van der Waals surface area contributed by atoms with Crippen LogP contribution < -0.4 is 10.6 Å². The van der Waals surface area contributed by atoms with Crippen LogP contribution in [0.25, 0.3) is 0 Å². The van der Waals surface area contributed by atoms with Crippen molar-refractivity contribution in [2.24, 2.45) is 0 Å². The van der Waals surface area contributed by atoms with Gasteiger partial charge in [-0.25, -0.2) is 0 Å². The van der Waals surface area contributed by atoms with Gasteiger partial charge in [-0.1, -0.05) is 6.42 Å². The van der Waals surface area contributed by atoms with Gasteiger partial charge in [0.1, 0.15) is 0 Å². The molecule has 1 saturated heterocycles. The van der Waals surface area contributed by atoms with Gasteiger partial charge in [0.25, 0.3) is 0 Å². The van der Waals surface area contributed by atoms with Crippen molar-refractivity contribution in [1.29, 1.82) is 0 Å². The number of hydrogen-bond donors (Lipinski definition) is 2. The van der Waals surface area contributed by atoms with E-state index in [2.05, 4.69) is 22.6 Å². The van der Waals surface area contributed by atoms with E-state index in [4.69, 9.17) is 0 Å². The molecule has 0 bridgehead atoms. The number of nitrogens with one attached hydrogen (secondary N) is 2. The highest BCUT2D eigenvalue weighted by Crippen LogP contribution is 2.17. The van der Waals surface area contributed by atoms with E-state index in [0.717, 1.165) is 12.6 Å². The summed E-state index contributed by atoms with van der Waals surface area (Å²) >= 11 is 0. The van der Waals surface area contributed by atoms with Crippen molar-refractivity contribution in [3.8, 4) is 0 Å². The topological polar surface area (TPSA) is 27.3 Å². The summed E-state index contributed by atoms with van der Waals surface area (Å²) in [4.78, 5) is 2.42. The first-order valence-electron chi connectivity index (χ1n) is 6.00. The van der Waals surface area contributed by atoms with Gasteiger partial charge >= 0.3 is 0 Å². The van der Waals surface area contributed by atoms with Crippen molar-refractivity contribution in [2.45, 2.75) is 37.8 Å². The van der Waals surface area contributed by atoms with E-state index in [0.29, 0.717) is 6.04 Å². The molecule has 2 aliphatic rings. The average Bonchev–Trinajstić information content (AvgIpc) is 2.09. The van der Waals surface area contributed by atoms with Crippen molar-refractivity contribution in [3.05, 3.63) is 0 Å². The smallest absolute Gasteiger partial charge is 0.0207 e. The normalized spacial score (nSPS) is 30.2. The SMILES string of the molecule is CN1CCNC(CCNC2CCC2)C1. The highest BCUT2D eigenvalue weighted by molar-refractivity contribution is 4.80. The lowest BCUT2D eigenvalue weighted by Crippen LogP contribution is -2.50. The average molecular weight is 197 g/mol. The van der Waals surface area contributed by atoms with Gasteiger partial charge in [0.15, 0.2) is 0 Å². The zero-order chi connectivity index (χ0) is 9.80. The lowest BCUT2D eigenvalue weighted by Gasteiger charge is -2.32. The number of nitrogens with zero attached hydrogens (tertiary/aromatic N) is 1. The molecular weight excluding hydrogens is 174 g/mol. The van der Waals surface area contributed by atoms with Crippen LogP contribution in [-0.4, -0.2) is 50.2 Å². The lowest BCUT2D eigenvalue weighted by molar-refractivity contribution is 0.226. The van der Waals surface area contributed by atoms with Crippen LogP contribution in [0.5, 0.6) is 0 Å². The van der Waals surface area contributed by atoms with E-state index in [1.807, 2.05) is 0 Å². The molecule has 3 nitrogen and oxygen atoms in total. The van der Waals surface area contributed by atoms with E-state index in [1.54, 1.807) is 0 Å². The number of piperazine rings is 1. The minimum Gasteiger partial charge on any atom is -0.314 e. The fraction of sp³-hybridized carbons (Fsp3) is 1.00. The van der Waals surface area contributed by atoms with E-state index in [1.165, 1.54) is 45.3 Å². The second kappa shape index (κ2) is 5.10. The van der Waals surface area contributed by atoms with Gasteiger partial charge < -0.3 is 15.5 Å². The quantitative estimate of drug-likeness (QED) is 0.684. The molecule has 0 radical (unpaired) electrons. The molecule has 1 unspecified atom stereocenters. The van der Waals surface area contributed by atoms with Crippen LogP contribution in [0.15, 0.2) is 0 Å². The van der Waals surface area contributed by atoms with Crippen molar-refractivity contribution in [1.82, 2.24) is 15.5 Å². The minimum atomic E-state index is 0.710. The number of rotatable bonds is 4. The molecule has 1 atom stereocenters. The fourth-order valence-corrected chi connectivity index (χ4v) is 2.26. The molecule has 1 aliphatic carbocycles. The Bertz CT molecular complexity index is 168. The Kier molecular flexibility index (Phi) is 3.79. The Morgan fingerprint density at radius 1 is 1.43 bits per heavy atom. The van der Waals surface area contributed by atoms with Crippen LogP contribution in [0.3, 0.4) is 0 Å². The summed E-state index contributed by atoms with van der Waals surface area (Å²) in [6, 6.07) is 1.55. The molecule has 2 rings (SSSR count). The first-order chi connectivity index (χ1) is 6.84. The van der Waals surface area contributed by atoms with Crippen molar-refractivity contribution in [2.75, 3.05) is 33.2 Å². The highest BCUT2D eigenvalue weighted by Gasteiger charge is 2.18. The summed E-state index contributed by atoms with van der Waals surface area (Å²) in [5.74, 6) is 0. The molecule has 2 fully saturated rings. The summed E-state index contributed by atoms with van der Waals surface area (Å²) in [7, 11) is 2.22. The van der Waals surface area contributed by atoms with E-state index < -0.39 is 0 Å². The standard InChI is InChI=1S/C11H23N3/c1-14-8-7-13-11(9-14)5-6-12-10-3-2-4-10/h10-13H,2-9H2,1H3. The molecule has 3 heteroatoms. The van der Waals surface area contributed by atoms with Crippen LogP contribution in [0, 0.1) is 0 Å². The summed E-state index contributed by atoms with van der Waals surface area (Å²) < 4.78 is 0. The van der Waals surface area contributed by atoms with Crippen LogP contribution >= 0.6 is 0 Å². The summed E-state index contributed by atoms with van der Waals surface area (Å²) in [5.41, 5.74) is 0. The third kappa shape index (κ3) is 2.94. The maximum atomic E-state index is 3.62. The molecule has 2 N–H and O–H groups in total. The summed E-state index contributed by atoms with van der Waals surface area (Å²) in [5, 5.41) is 7.20.